The van der Waals surface area contributed by atoms with Gasteiger partial charge in [0.15, 0.2) is 23.0 Å². The second-order valence-electron chi connectivity index (χ2n) is 8.36. The van der Waals surface area contributed by atoms with Gasteiger partial charge in [-0.2, -0.15) is 0 Å². The third-order valence-corrected chi connectivity index (χ3v) is 7.43. The summed E-state index contributed by atoms with van der Waals surface area (Å²) >= 11 is 1.49. The maximum absolute atomic E-state index is 5.74. The van der Waals surface area contributed by atoms with Crippen molar-refractivity contribution in [2.24, 2.45) is 0 Å². The molecular formula is C28H28N4O7S. The minimum absolute atomic E-state index is 0.503. The van der Waals surface area contributed by atoms with Gasteiger partial charge in [0.2, 0.25) is 11.5 Å². The Kier molecular flexibility index (Phi) is 7.52. The van der Waals surface area contributed by atoms with E-state index in [-0.39, 0.29) is 0 Å². The predicted molar refractivity (Wildman–Crippen MR) is 151 cm³/mol. The van der Waals surface area contributed by atoms with Crippen molar-refractivity contribution in [2.75, 3.05) is 49.8 Å². The van der Waals surface area contributed by atoms with E-state index in [1.807, 2.05) is 36.4 Å². The van der Waals surface area contributed by atoms with Crippen LogP contribution in [0.3, 0.4) is 0 Å². The summed E-state index contributed by atoms with van der Waals surface area (Å²) in [6.45, 7) is 0. The molecule has 11 nitrogen and oxygen atoms in total. The number of hydrogen-bond donors (Lipinski definition) is 0. The van der Waals surface area contributed by atoms with Crippen molar-refractivity contribution in [3.63, 3.8) is 0 Å². The van der Waals surface area contributed by atoms with Crippen LogP contribution in [-0.2, 0) is 0 Å². The summed E-state index contributed by atoms with van der Waals surface area (Å²) in [5.74, 6) is 3.79. The average Bonchev–Trinajstić information content (AvgIpc) is 3.66. The van der Waals surface area contributed by atoms with Crippen molar-refractivity contribution < 1.29 is 33.2 Å². The van der Waals surface area contributed by atoms with E-state index in [9.17, 15) is 0 Å². The molecule has 208 valence electrons. The first-order valence-corrected chi connectivity index (χ1v) is 12.8. The van der Waals surface area contributed by atoms with Crippen molar-refractivity contribution in [1.29, 1.82) is 0 Å². The Morgan fingerprint density at radius 3 is 1.82 bits per heavy atom. The lowest BCUT2D eigenvalue weighted by Gasteiger charge is -2.13. The van der Waals surface area contributed by atoms with Gasteiger partial charge in [-0.1, -0.05) is 5.21 Å². The number of nitrogens with zero attached hydrogens (tertiary/aromatic N) is 4. The quantitative estimate of drug-likeness (QED) is 0.223. The molecule has 0 atom stereocenters. The van der Waals surface area contributed by atoms with E-state index in [1.165, 1.54) is 11.3 Å². The number of methoxy groups -OCH3 is 7. The molecule has 0 aliphatic heterocycles. The minimum Gasteiger partial charge on any atom is -0.494 e. The SMILES string of the molecule is COc1cc(-c2nc3cc(OC)c(OC)c(OC)c3s2)ccc1-n1cc(-c2cc(OC)c(OC)c(OC)c2)nn1. The number of rotatable bonds is 10. The van der Waals surface area contributed by atoms with Crippen LogP contribution in [0.5, 0.6) is 40.2 Å². The smallest absolute Gasteiger partial charge is 0.204 e. The largest absolute Gasteiger partial charge is 0.494 e. The molecular weight excluding hydrogens is 536 g/mol. The van der Waals surface area contributed by atoms with Gasteiger partial charge in [-0.15, -0.1) is 16.4 Å². The lowest BCUT2D eigenvalue weighted by Crippen LogP contribution is -1.99. The van der Waals surface area contributed by atoms with Crippen LogP contribution < -0.4 is 33.2 Å². The van der Waals surface area contributed by atoms with Gasteiger partial charge < -0.3 is 33.2 Å². The molecule has 0 saturated carbocycles. The molecule has 0 aliphatic carbocycles. The van der Waals surface area contributed by atoms with Crippen molar-refractivity contribution in [2.45, 2.75) is 0 Å². The van der Waals surface area contributed by atoms with Gasteiger partial charge in [-0.05, 0) is 30.3 Å². The molecule has 5 rings (SSSR count). The third kappa shape index (κ3) is 4.56. The van der Waals surface area contributed by atoms with E-state index < -0.39 is 0 Å². The molecule has 0 amide bonds. The summed E-state index contributed by atoms with van der Waals surface area (Å²) in [6, 6.07) is 11.3. The molecule has 0 fully saturated rings. The van der Waals surface area contributed by atoms with Crippen molar-refractivity contribution in [3.8, 4) is 67.8 Å². The van der Waals surface area contributed by atoms with E-state index in [0.717, 1.165) is 26.4 Å². The standard InChI is InChI=1S/C28H28N4O7S/c1-33-20-10-15(28-29-17-13-23(36-4)25(38-6)26(39-7)27(17)40-28)8-9-19(20)32-14-18(30-31-32)16-11-21(34-2)24(37-5)22(12-16)35-3/h8-14H,1-7H3. The second kappa shape index (κ2) is 11.2. The molecule has 40 heavy (non-hydrogen) atoms. The second-order valence-corrected chi connectivity index (χ2v) is 9.36. The Morgan fingerprint density at radius 2 is 1.23 bits per heavy atom. The topological polar surface area (TPSA) is 108 Å². The molecule has 3 aromatic carbocycles. The maximum Gasteiger partial charge on any atom is 0.204 e. The Labute approximate surface area is 234 Å². The average molecular weight is 565 g/mol. The fourth-order valence-electron chi connectivity index (χ4n) is 4.39. The molecule has 2 heterocycles. The lowest BCUT2D eigenvalue weighted by molar-refractivity contribution is 0.324. The molecule has 12 heteroatoms. The van der Waals surface area contributed by atoms with Gasteiger partial charge >= 0.3 is 0 Å². The zero-order chi connectivity index (χ0) is 28.4. The first-order chi connectivity index (χ1) is 19.5. The highest BCUT2D eigenvalue weighted by molar-refractivity contribution is 7.22. The highest BCUT2D eigenvalue weighted by Crippen LogP contribution is 2.47. The summed E-state index contributed by atoms with van der Waals surface area (Å²) in [7, 11) is 11.1. The van der Waals surface area contributed by atoms with Crippen LogP contribution >= 0.6 is 11.3 Å². The van der Waals surface area contributed by atoms with Crippen LogP contribution in [0.15, 0.2) is 42.6 Å². The zero-order valence-electron chi connectivity index (χ0n) is 23.1. The number of hydrogen-bond acceptors (Lipinski definition) is 11. The summed E-state index contributed by atoms with van der Waals surface area (Å²) < 4.78 is 41.3. The van der Waals surface area contributed by atoms with Gasteiger partial charge in [-0.3, -0.25) is 0 Å². The van der Waals surface area contributed by atoms with Crippen molar-refractivity contribution in [1.82, 2.24) is 20.0 Å². The highest BCUT2D eigenvalue weighted by atomic mass is 32.1. The number of fused-ring (bicyclic) bond motifs is 1. The summed E-state index contributed by atoms with van der Waals surface area (Å²) in [6.07, 6.45) is 1.80. The minimum atomic E-state index is 0.503. The first kappa shape index (κ1) is 26.9. The van der Waals surface area contributed by atoms with E-state index >= 15 is 0 Å². The monoisotopic (exact) mass is 564 g/mol. The van der Waals surface area contributed by atoms with Crippen LogP contribution in [0.2, 0.25) is 0 Å². The van der Waals surface area contributed by atoms with Crippen LogP contribution in [0.1, 0.15) is 0 Å². The van der Waals surface area contributed by atoms with Gasteiger partial charge in [0, 0.05) is 17.2 Å². The van der Waals surface area contributed by atoms with E-state index in [2.05, 4.69) is 10.3 Å². The highest BCUT2D eigenvalue weighted by Gasteiger charge is 2.21. The third-order valence-electron chi connectivity index (χ3n) is 6.31. The summed E-state index contributed by atoms with van der Waals surface area (Å²) in [5, 5.41) is 9.49. The van der Waals surface area contributed by atoms with Crippen LogP contribution in [-0.4, -0.2) is 69.7 Å². The molecule has 0 unspecified atom stereocenters. The van der Waals surface area contributed by atoms with E-state index in [1.54, 1.807) is 60.6 Å². The van der Waals surface area contributed by atoms with Crippen molar-refractivity contribution >= 4 is 21.6 Å². The molecule has 0 bridgehead atoms. The number of thiazole rings is 1. The molecule has 0 aliphatic rings. The Bertz CT molecular complexity index is 1660. The fraction of sp³-hybridized carbons (Fsp3) is 0.250. The van der Waals surface area contributed by atoms with Crippen molar-refractivity contribution in [3.05, 3.63) is 42.6 Å². The van der Waals surface area contributed by atoms with E-state index in [4.69, 9.17) is 38.1 Å². The molecule has 2 aromatic heterocycles. The van der Waals surface area contributed by atoms with Gasteiger partial charge in [-0.25, -0.2) is 9.67 Å². The Balaban J connectivity index is 1.53. The normalized spacial score (nSPS) is 10.9. The Hall–Kier alpha value is -4.71. The number of benzene rings is 3. The molecule has 0 radical (unpaired) electrons. The maximum atomic E-state index is 5.74. The first-order valence-electron chi connectivity index (χ1n) is 12.0. The molecule has 0 N–H and O–H groups in total. The van der Waals surface area contributed by atoms with Gasteiger partial charge in [0.1, 0.15) is 26.8 Å². The predicted octanol–water partition coefficient (Wildman–Crippen LogP) is 5.27. The zero-order valence-corrected chi connectivity index (χ0v) is 23.9. The number of aromatic nitrogens is 4. The Morgan fingerprint density at radius 1 is 0.625 bits per heavy atom. The van der Waals surface area contributed by atoms with Crippen LogP contribution in [0, 0.1) is 0 Å². The van der Waals surface area contributed by atoms with Gasteiger partial charge in [0.05, 0.1) is 61.5 Å². The van der Waals surface area contributed by atoms with E-state index in [0.29, 0.717) is 51.6 Å². The van der Waals surface area contributed by atoms with Crippen LogP contribution in [0.4, 0.5) is 0 Å². The number of ether oxygens (including phenoxy) is 7. The molecule has 0 spiro atoms. The summed E-state index contributed by atoms with van der Waals surface area (Å²) in [4.78, 5) is 4.82. The summed E-state index contributed by atoms with van der Waals surface area (Å²) in [5.41, 5.74) is 3.69. The molecule has 0 saturated heterocycles. The lowest BCUT2D eigenvalue weighted by atomic mass is 10.1. The van der Waals surface area contributed by atoms with Crippen LogP contribution in [0.25, 0.3) is 37.7 Å². The fourth-order valence-corrected chi connectivity index (χ4v) is 5.45. The van der Waals surface area contributed by atoms with Gasteiger partial charge in [0.25, 0.3) is 0 Å². The molecule has 5 aromatic rings.